The number of nitrogens with one attached hydrogen (secondary N) is 1. The molecule has 0 aliphatic rings. The molecule has 2 aromatic rings. The van der Waals surface area contributed by atoms with Gasteiger partial charge in [0.1, 0.15) is 18.0 Å². The molecule has 0 saturated carbocycles. The molecule has 1 N–H and O–H groups in total. The fourth-order valence-corrected chi connectivity index (χ4v) is 3.66. The minimum Gasteiger partial charge on any atom is -0.496 e. The molecule has 0 heterocycles. The van der Waals surface area contributed by atoms with Crippen LogP contribution in [0.5, 0.6) is 11.5 Å². The summed E-state index contributed by atoms with van der Waals surface area (Å²) in [5.74, 6) is 0.766. The quantitative estimate of drug-likeness (QED) is 0.692. The number of rotatable bonds is 9. The van der Waals surface area contributed by atoms with Crippen LogP contribution in [0.3, 0.4) is 0 Å². The first kappa shape index (κ1) is 21.6. The van der Waals surface area contributed by atoms with E-state index in [2.05, 4.69) is 5.32 Å². The number of ether oxygens (including phenoxy) is 2. The largest absolute Gasteiger partial charge is 0.496 e. The second-order valence-corrected chi connectivity index (χ2v) is 8.14. The molecule has 2 rings (SSSR count). The number of para-hydroxylation sites is 1. The highest BCUT2D eigenvalue weighted by Gasteiger charge is 2.23. The highest BCUT2D eigenvalue weighted by Crippen LogP contribution is 2.25. The lowest BCUT2D eigenvalue weighted by atomic mass is 10.1. The monoisotopic (exact) mass is 406 g/mol. The molecule has 0 unspecified atom stereocenters. The van der Waals surface area contributed by atoms with Crippen molar-refractivity contribution in [1.29, 1.82) is 0 Å². The number of carbonyl (C=O) groups is 1. The van der Waals surface area contributed by atoms with Gasteiger partial charge in [0.05, 0.1) is 31.7 Å². The van der Waals surface area contributed by atoms with E-state index in [1.165, 1.54) is 0 Å². The van der Waals surface area contributed by atoms with E-state index < -0.39 is 15.9 Å². The Kier molecular flexibility index (Phi) is 7.28. The van der Waals surface area contributed by atoms with Gasteiger partial charge in [-0.1, -0.05) is 24.3 Å². The summed E-state index contributed by atoms with van der Waals surface area (Å²) in [6.07, 6.45) is 1.07. The Hall–Kier alpha value is -2.74. The van der Waals surface area contributed by atoms with E-state index in [1.54, 1.807) is 37.4 Å². The van der Waals surface area contributed by atoms with Crippen LogP contribution in [-0.4, -0.2) is 40.8 Å². The normalized spacial score (nSPS) is 12.1. The molecule has 0 radical (unpaired) electrons. The number of methoxy groups -OCH3 is 1. The summed E-state index contributed by atoms with van der Waals surface area (Å²) >= 11 is 0. The van der Waals surface area contributed by atoms with Crippen molar-refractivity contribution in [3.05, 3.63) is 54.1 Å². The van der Waals surface area contributed by atoms with Gasteiger partial charge in [0.15, 0.2) is 0 Å². The van der Waals surface area contributed by atoms with Gasteiger partial charge in [-0.15, -0.1) is 0 Å². The predicted molar refractivity (Wildman–Crippen MR) is 109 cm³/mol. The molecular weight excluding hydrogens is 380 g/mol. The molecule has 0 bridgehead atoms. The third kappa shape index (κ3) is 5.63. The first-order valence-electron chi connectivity index (χ1n) is 8.89. The van der Waals surface area contributed by atoms with Gasteiger partial charge in [-0.25, -0.2) is 8.42 Å². The molecule has 0 aliphatic heterocycles. The molecule has 1 amide bonds. The van der Waals surface area contributed by atoms with Crippen molar-refractivity contribution >= 4 is 21.6 Å². The van der Waals surface area contributed by atoms with Crippen molar-refractivity contribution in [1.82, 2.24) is 5.32 Å². The molecule has 152 valence electrons. The molecule has 2 aromatic carbocycles. The standard InChI is InChI=1S/C20H26N2O5S/c1-5-27-17-10-8-9-16(13-17)22(28(4,24)25)14-20(23)21-15(2)18-11-6-7-12-19(18)26-3/h6-13,15H,5,14H2,1-4H3,(H,21,23)/t15-/m0/s1. The highest BCUT2D eigenvalue weighted by atomic mass is 32.2. The zero-order valence-corrected chi connectivity index (χ0v) is 17.3. The van der Waals surface area contributed by atoms with Crippen molar-refractivity contribution in [2.45, 2.75) is 19.9 Å². The van der Waals surface area contributed by atoms with E-state index in [4.69, 9.17) is 9.47 Å². The summed E-state index contributed by atoms with van der Waals surface area (Å²) < 4.78 is 36.4. The minimum absolute atomic E-state index is 0.339. The van der Waals surface area contributed by atoms with Crippen molar-refractivity contribution < 1.29 is 22.7 Å². The van der Waals surface area contributed by atoms with Crippen LogP contribution in [0.4, 0.5) is 5.69 Å². The number of benzene rings is 2. The van der Waals surface area contributed by atoms with E-state index in [1.807, 2.05) is 32.0 Å². The number of hydrogen-bond donors (Lipinski definition) is 1. The topological polar surface area (TPSA) is 84.9 Å². The van der Waals surface area contributed by atoms with Crippen molar-refractivity contribution in [3.8, 4) is 11.5 Å². The number of anilines is 1. The maximum atomic E-state index is 12.6. The lowest BCUT2D eigenvalue weighted by molar-refractivity contribution is -0.120. The van der Waals surface area contributed by atoms with Gasteiger partial charge < -0.3 is 14.8 Å². The first-order valence-corrected chi connectivity index (χ1v) is 10.7. The number of sulfonamides is 1. The summed E-state index contributed by atoms with van der Waals surface area (Å²) in [5, 5.41) is 2.83. The Labute approximate surface area is 166 Å². The van der Waals surface area contributed by atoms with Crippen LogP contribution in [0.1, 0.15) is 25.5 Å². The van der Waals surface area contributed by atoms with Gasteiger partial charge in [-0.05, 0) is 32.0 Å². The van der Waals surface area contributed by atoms with Crippen LogP contribution >= 0.6 is 0 Å². The van der Waals surface area contributed by atoms with Crippen molar-refractivity contribution in [2.75, 3.05) is 30.8 Å². The van der Waals surface area contributed by atoms with Gasteiger partial charge >= 0.3 is 0 Å². The number of amides is 1. The smallest absolute Gasteiger partial charge is 0.241 e. The fourth-order valence-electron chi connectivity index (χ4n) is 2.81. The SMILES string of the molecule is CCOc1cccc(N(CC(=O)N[C@@H](C)c2ccccc2OC)S(C)(=O)=O)c1. The Morgan fingerprint density at radius 1 is 1.18 bits per heavy atom. The molecule has 0 aromatic heterocycles. The molecule has 1 atom stereocenters. The summed E-state index contributed by atoms with van der Waals surface area (Å²) in [6, 6.07) is 13.6. The molecule has 0 fully saturated rings. The second kappa shape index (κ2) is 9.45. The minimum atomic E-state index is -3.67. The van der Waals surface area contributed by atoms with Crippen LogP contribution in [0.15, 0.2) is 48.5 Å². The molecular formula is C20H26N2O5S. The van der Waals surface area contributed by atoms with E-state index in [9.17, 15) is 13.2 Å². The molecule has 8 heteroatoms. The van der Waals surface area contributed by atoms with Gasteiger partial charge in [-0.3, -0.25) is 9.10 Å². The average Bonchev–Trinajstić information content (AvgIpc) is 2.65. The third-order valence-corrected chi connectivity index (χ3v) is 5.23. The van der Waals surface area contributed by atoms with E-state index in [-0.39, 0.29) is 12.6 Å². The predicted octanol–water partition coefficient (Wildman–Crippen LogP) is 2.74. The van der Waals surface area contributed by atoms with Gasteiger partial charge in [0.25, 0.3) is 0 Å². The average molecular weight is 407 g/mol. The van der Waals surface area contributed by atoms with Crippen molar-refractivity contribution in [3.63, 3.8) is 0 Å². The summed E-state index contributed by atoms with van der Waals surface area (Å²) in [5.41, 5.74) is 1.18. The fraction of sp³-hybridized carbons (Fsp3) is 0.350. The number of hydrogen-bond acceptors (Lipinski definition) is 5. The summed E-state index contributed by atoms with van der Waals surface area (Å²) in [7, 11) is -2.11. The Bertz CT molecular complexity index is 914. The van der Waals surface area contributed by atoms with Crippen LogP contribution in [0.2, 0.25) is 0 Å². The Balaban J connectivity index is 2.19. The third-order valence-electron chi connectivity index (χ3n) is 4.09. The summed E-state index contributed by atoms with van der Waals surface area (Å²) in [4.78, 5) is 12.6. The Morgan fingerprint density at radius 3 is 2.54 bits per heavy atom. The zero-order valence-electron chi connectivity index (χ0n) is 16.5. The number of carbonyl (C=O) groups excluding carboxylic acids is 1. The molecule has 28 heavy (non-hydrogen) atoms. The maximum Gasteiger partial charge on any atom is 0.241 e. The van der Waals surface area contributed by atoms with Gasteiger partial charge in [-0.2, -0.15) is 0 Å². The zero-order chi connectivity index (χ0) is 20.7. The van der Waals surface area contributed by atoms with Crippen molar-refractivity contribution in [2.24, 2.45) is 0 Å². The Morgan fingerprint density at radius 2 is 1.89 bits per heavy atom. The lowest BCUT2D eigenvalue weighted by Crippen LogP contribution is -2.41. The molecule has 0 saturated heterocycles. The molecule has 0 spiro atoms. The summed E-state index contributed by atoms with van der Waals surface area (Å²) in [6.45, 7) is 3.77. The van der Waals surface area contributed by atoms with E-state index in [0.717, 1.165) is 16.1 Å². The molecule has 0 aliphatic carbocycles. The van der Waals surface area contributed by atoms with Crippen LogP contribution < -0.4 is 19.1 Å². The van der Waals surface area contributed by atoms with Gasteiger partial charge in [0, 0.05) is 11.6 Å². The lowest BCUT2D eigenvalue weighted by Gasteiger charge is -2.24. The maximum absolute atomic E-state index is 12.6. The van der Waals surface area contributed by atoms with Crippen LogP contribution in [0.25, 0.3) is 0 Å². The number of nitrogens with zero attached hydrogens (tertiary/aromatic N) is 1. The van der Waals surface area contributed by atoms with E-state index >= 15 is 0 Å². The molecule has 7 nitrogen and oxygen atoms in total. The van der Waals surface area contributed by atoms with Crippen LogP contribution in [0, 0.1) is 0 Å². The van der Waals surface area contributed by atoms with Crippen LogP contribution in [-0.2, 0) is 14.8 Å². The second-order valence-electron chi connectivity index (χ2n) is 6.23. The van der Waals surface area contributed by atoms with Gasteiger partial charge in [0.2, 0.25) is 15.9 Å². The highest BCUT2D eigenvalue weighted by molar-refractivity contribution is 7.92. The first-order chi connectivity index (χ1) is 13.3. The van der Waals surface area contributed by atoms with E-state index in [0.29, 0.717) is 23.8 Å².